The third-order valence-corrected chi connectivity index (χ3v) is 4.46. The molecule has 0 amide bonds. The van der Waals surface area contributed by atoms with Crippen LogP contribution in [0.15, 0.2) is 79.7 Å². The summed E-state index contributed by atoms with van der Waals surface area (Å²) in [5.41, 5.74) is 1.65. The molecule has 0 radical (unpaired) electrons. The van der Waals surface area contributed by atoms with E-state index in [2.05, 4.69) is 24.8 Å². The van der Waals surface area contributed by atoms with E-state index in [9.17, 15) is 13.2 Å². The number of halogens is 3. The van der Waals surface area contributed by atoms with Gasteiger partial charge >= 0.3 is 6.18 Å². The van der Waals surface area contributed by atoms with Crippen molar-refractivity contribution in [2.75, 3.05) is 0 Å². The minimum absolute atomic E-state index is 0.0529. The number of hydrogen-bond donors (Lipinski definition) is 0. The maximum absolute atomic E-state index is 12.9. The van der Waals surface area contributed by atoms with Crippen LogP contribution in [-0.4, -0.2) is 24.8 Å². The number of aromatic nitrogens is 4. The molecule has 0 aliphatic carbocycles. The number of nitrogens with zero attached hydrogens (tertiary/aromatic N) is 5. The number of pyridine rings is 2. The van der Waals surface area contributed by atoms with Gasteiger partial charge in [0.05, 0.1) is 23.6 Å². The van der Waals surface area contributed by atoms with E-state index in [1.165, 1.54) is 6.07 Å². The van der Waals surface area contributed by atoms with Crippen molar-refractivity contribution in [3.8, 4) is 11.3 Å². The molecule has 3 aromatic rings. The van der Waals surface area contributed by atoms with E-state index in [4.69, 9.17) is 0 Å². The van der Waals surface area contributed by atoms with Crippen molar-refractivity contribution < 1.29 is 13.2 Å². The molecular weight excluding hydrogens is 379 g/mol. The van der Waals surface area contributed by atoms with E-state index in [0.29, 0.717) is 17.8 Å². The zero-order valence-corrected chi connectivity index (χ0v) is 15.2. The fraction of sp³-hybridized carbons (Fsp3) is 0.143. The predicted octanol–water partition coefficient (Wildman–Crippen LogP) is 4.58. The Morgan fingerprint density at radius 1 is 0.931 bits per heavy atom. The van der Waals surface area contributed by atoms with Crippen LogP contribution >= 0.6 is 0 Å². The Morgan fingerprint density at radius 2 is 1.83 bits per heavy atom. The van der Waals surface area contributed by atoms with Crippen molar-refractivity contribution in [1.82, 2.24) is 24.8 Å². The SMILES string of the molecule is FC(F)(F)c1cc(-c2ccc(CN3C=CC=CC3c3cnccn3)cn2)ccn1. The van der Waals surface area contributed by atoms with Gasteiger partial charge in [0.2, 0.25) is 0 Å². The first kappa shape index (κ1) is 18.8. The highest BCUT2D eigenvalue weighted by Crippen LogP contribution is 2.30. The maximum atomic E-state index is 12.9. The smallest absolute Gasteiger partial charge is 0.361 e. The van der Waals surface area contributed by atoms with Crippen molar-refractivity contribution >= 4 is 0 Å². The van der Waals surface area contributed by atoms with Crippen LogP contribution < -0.4 is 0 Å². The Bertz CT molecular complexity index is 1030. The zero-order valence-electron chi connectivity index (χ0n) is 15.2. The summed E-state index contributed by atoms with van der Waals surface area (Å²) in [7, 11) is 0. The predicted molar refractivity (Wildman–Crippen MR) is 101 cm³/mol. The lowest BCUT2D eigenvalue weighted by atomic mass is 10.1. The summed E-state index contributed by atoms with van der Waals surface area (Å²) in [6.45, 7) is 0.569. The van der Waals surface area contributed by atoms with Gasteiger partial charge in [-0.1, -0.05) is 18.2 Å². The number of rotatable bonds is 4. The molecule has 4 heterocycles. The summed E-state index contributed by atoms with van der Waals surface area (Å²) in [4.78, 5) is 18.3. The Hall–Kier alpha value is -3.55. The molecule has 0 bridgehead atoms. The van der Waals surface area contributed by atoms with E-state index in [0.717, 1.165) is 23.5 Å². The summed E-state index contributed by atoms with van der Waals surface area (Å²) in [6, 6.07) is 6.04. The van der Waals surface area contributed by atoms with Crippen LogP contribution in [0.2, 0.25) is 0 Å². The zero-order chi connectivity index (χ0) is 20.3. The fourth-order valence-electron chi connectivity index (χ4n) is 3.06. The topological polar surface area (TPSA) is 54.8 Å². The van der Waals surface area contributed by atoms with Crippen LogP contribution in [0.1, 0.15) is 23.0 Å². The standard InChI is InChI=1S/C21H16F3N5/c22-21(23,24)20-11-16(6-7-27-20)17-5-4-15(12-28-17)14-29-10-2-1-3-19(29)18-13-25-8-9-26-18/h1-13,19H,14H2. The highest BCUT2D eigenvalue weighted by atomic mass is 19.4. The summed E-state index contributed by atoms with van der Waals surface area (Å²) < 4.78 is 38.6. The lowest BCUT2D eigenvalue weighted by molar-refractivity contribution is -0.141. The molecule has 8 heteroatoms. The second kappa shape index (κ2) is 7.83. The molecule has 0 N–H and O–H groups in total. The van der Waals surface area contributed by atoms with E-state index in [1.54, 1.807) is 30.9 Å². The quantitative estimate of drug-likeness (QED) is 0.647. The summed E-state index contributed by atoms with van der Waals surface area (Å²) >= 11 is 0. The van der Waals surface area contributed by atoms with Gasteiger partial charge in [0.15, 0.2) is 0 Å². The van der Waals surface area contributed by atoms with Gasteiger partial charge in [-0.15, -0.1) is 0 Å². The van der Waals surface area contributed by atoms with E-state index >= 15 is 0 Å². The van der Waals surface area contributed by atoms with Gasteiger partial charge in [-0.05, 0) is 29.8 Å². The normalized spacial score (nSPS) is 16.2. The van der Waals surface area contributed by atoms with Gasteiger partial charge in [0.25, 0.3) is 0 Å². The Labute approximate surface area is 165 Å². The Kier molecular flexibility index (Phi) is 5.07. The van der Waals surface area contributed by atoms with Gasteiger partial charge in [0.1, 0.15) is 5.69 Å². The van der Waals surface area contributed by atoms with E-state index < -0.39 is 11.9 Å². The minimum atomic E-state index is -4.49. The van der Waals surface area contributed by atoms with Crippen molar-refractivity contribution in [3.05, 3.63) is 96.6 Å². The lowest BCUT2D eigenvalue weighted by Crippen LogP contribution is -2.24. The summed E-state index contributed by atoms with van der Waals surface area (Å²) in [5, 5.41) is 0. The largest absolute Gasteiger partial charge is 0.433 e. The first-order valence-corrected chi connectivity index (χ1v) is 8.86. The molecule has 146 valence electrons. The molecule has 0 saturated heterocycles. The van der Waals surface area contributed by atoms with Crippen molar-refractivity contribution in [3.63, 3.8) is 0 Å². The molecular formula is C21H16F3N5. The molecule has 1 unspecified atom stereocenters. The third kappa shape index (κ3) is 4.31. The average molecular weight is 395 g/mol. The Balaban J connectivity index is 1.53. The number of alkyl halides is 3. The Morgan fingerprint density at radius 3 is 2.55 bits per heavy atom. The molecule has 0 fully saturated rings. The second-order valence-corrected chi connectivity index (χ2v) is 6.45. The second-order valence-electron chi connectivity index (χ2n) is 6.45. The number of hydrogen-bond acceptors (Lipinski definition) is 5. The van der Waals surface area contributed by atoms with Crippen molar-refractivity contribution in [2.24, 2.45) is 0 Å². The molecule has 1 atom stereocenters. The van der Waals surface area contributed by atoms with Crippen LogP contribution in [0, 0.1) is 0 Å². The molecule has 1 aliphatic heterocycles. The molecule has 5 nitrogen and oxygen atoms in total. The van der Waals surface area contributed by atoms with Gasteiger partial charge in [0, 0.05) is 43.1 Å². The molecule has 3 aromatic heterocycles. The van der Waals surface area contributed by atoms with Gasteiger partial charge in [-0.2, -0.15) is 13.2 Å². The van der Waals surface area contributed by atoms with Crippen LogP contribution in [-0.2, 0) is 12.7 Å². The fourth-order valence-corrected chi connectivity index (χ4v) is 3.06. The molecule has 29 heavy (non-hydrogen) atoms. The lowest BCUT2D eigenvalue weighted by Gasteiger charge is -2.29. The average Bonchev–Trinajstić information content (AvgIpc) is 2.75. The molecule has 0 saturated carbocycles. The van der Waals surface area contributed by atoms with Gasteiger partial charge in [-0.3, -0.25) is 19.9 Å². The maximum Gasteiger partial charge on any atom is 0.433 e. The van der Waals surface area contributed by atoms with Crippen molar-refractivity contribution in [1.29, 1.82) is 0 Å². The van der Waals surface area contributed by atoms with E-state index in [1.807, 2.05) is 30.5 Å². The first-order valence-electron chi connectivity index (χ1n) is 8.86. The van der Waals surface area contributed by atoms with Crippen LogP contribution in [0.25, 0.3) is 11.3 Å². The molecule has 4 rings (SSSR count). The molecule has 0 spiro atoms. The first-order chi connectivity index (χ1) is 14.0. The highest BCUT2D eigenvalue weighted by Gasteiger charge is 2.32. The van der Waals surface area contributed by atoms with Crippen LogP contribution in [0.4, 0.5) is 13.2 Å². The monoisotopic (exact) mass is 395 g/mol. The van der Waals surface area contributed by atoms with Crippen LogP contribution in [0.3, 0.4) is 0 Å². The highest BCUT2D eigenvalue weighted by molar-refractivity contribution is 5.59. The molecule has 0 aromatic carbocycles. The third-order valence-electron chi connectivity index (χ3n) is 4.46. The van der Waals surface area contributed by atoms with E-state index in [-0.39, 0.29) is 6.04 Å². The minimum Gasteiger partial charge on any atom is -0.361 e. The molecule has 1 aliphatic rings. The summed E-state index contributed by atoms with van der Waals surface area (Å²) in [5.74, 6) is 0. The number of allylic oxidation sites excluding steroid dienone is 2. The summed E-state index contributed by atoms with van der Waals surface area (Å²) in [6.07, 6.45) is 11.2. The van der Waals surface area contributed by atoms with Crippen LogP contribution in [0.5, 0.6) is 0 Å². The van der Waals surface area contributed by atoms with Gasteiger partial charge < -0.3 is 4.90 Å². The van der Waals surface area contributed by atoms with Crippen molar-refractivity contribution in [2.45, 2.75) is 18.8 Å². The van der Waals surface area contributed by atoms with Gasteiger partial charge in [-0.25, -0.2) is 0 Å².